The van der Waals surface area contributed by atoms with E-state index < -0.39 is 11.8 Å². The van der Waals surface area contributed by atoms with E-state index in [9.17, 15) is 9.59 Å². The SMILES string of the molecule is O=C(NO)c1ccc(C(=O)N/N=C/C=C/c2ccccc2)cc1. The first-order valence-electron chi connectivity index (χ1n) is 6.80. The fourth-order valence-electron chi connectivity index (χ4n) is 1.76. The number of nitrogens with one attached hydrogen (secondary N) is 2. The molecule has 0 saturated carbocycles. The maximum atomic E-state index is 11.8. The number of rotatable bonds is 5. The Hall–Kier alpha value is -3.25. The Morgan fingerprint density at radius 2 is 1.52 bits per heavy atom. The van der Waals surface area contributed by atoms with Crippen molar-refractivity contribution in [2.24, 2.45) is 5.10 Å². The highest BCUT2D eigenvalue weighted by molar-refractivity contribution is 5.97. The highest BCUT2D eigenvalue weighted by Gasteiger charge is 2.07. The zero-order valence-electron chi connectivity index (χ0n) is 12.1. The van der Waals surface area contributed by atoms with Crippen LogP contribution in [0.5, 0.6) is 0 Å². The van der Waals surface area contributed by atoms with Gasteiger partial charge in [0.15, 0.2) is 0 Å². The number of carbonyl (C=O) groups excluding carboxylic acids is 2. The van der Waals surface area contributed by atoms with Gasteiger partial charge in [0.1, 0.15) is 0 Å². The zero-order valence-corrected chi connectivity index (χ0v) is 12.1. The average molecular weight is 309 g/mol. The Balaban J connectivity index is 1.88. The third-order valence-electron chi connectivity index (χ3n) is 2.93. The van der Waals surface area contributed by atoms with Gasteiger partial charge in [0.05, 0.1) is 0 Å². The van der Waals surface area contributed by atoms with Crippen molar-refractivity contribution in [2.75, 3.05) is 0 Å². The van der Waals surface area contributed by atoms with Crippen LogP contribution in [-0.2, 0) is 0 Å². The first-order chi connectivity index (χ1) is 11.2. The molecule has 0 bridgehead atoms. The van der Waals surface area contributed by atoms with Crippen LogP contribution < -0.4 is 10.9 Å². The number of hydrazone groups is 1. The van der Waals surface area contributed by atoms with Crippen molar-refractivity contribution in [1.29, 1.82) is 0 Å². The first-order valence-corrected chi connectivity index (χ1v) is 6.80. The number of hydrogen-bond donors (Lipinski definition) is 3. The van der Waals surface area contributed by atoms with Gasteiger partial charge in [-0.25, -0.2) is 10.9 Å². The molecule has 0 atom stereocenters. The van der Waals surface area contributed by atoms with E-state index in [2.05, 4.69) is 10.5 Å². The van der Waals surface area contributed by atoms with E-state index in [1.807, 2.05) is 36.4 Å². The third-order valence-corrected chi connectivity index (χ3v) is 2.93. The molecule has 0 aliphatic carbocycles. The molecule has 3 N–H and O–H groups in total. The van der Waals surface area contributed by atoms with E-state index in [4.69, 9.17) is 5.21 Å². The van der Waals surface area contributed by atoms with Gasteiger partial charge < -0.3 is 0 Å². The average Bonchev–Trinajstić information content (AvgIpc) is 2.61. The number of carbonyl (C=O) groups is 2. The van der Waals surface area contributed by atoms with Crippen molar-refractivity contribution >= 4 is 24.1 Å². The molecule has 6 nitrogen and oxygen atoms in total. The minimum absolute atomic E-state index is 0.248. The molecule has 0 aliphatic heterocycles. The van der Waals surface area contributed by atoms with Crippen molar-refractivity contribution in [2.45, 2.75) is 0 Å². The lowest BCUT2D eigenvalue weighted by molar-refractivity contribution is 0.0706. The maximum Gasteiger partial charge on any atom is 0.274 e. The standard InChI is InChI=1S/C17H15N3O3/c21-16(14-8-10-15(11-9-14)17(22)20-23)19-18-12-4-7-13-5-2-1-3-6-13/h1-12,23H,(H,19,21)(H,20,22)/b7-4+,18-12+. The number of nitrogens with zero attached hydrogens (tertiary/aromatic N) is 1. The summed E-state index contributed by atoms with van der Waals surface area (Å²) < 4.78 is 0. The molecule has 2 rings (SSSR count). The Morgan fingerprint density at radius 3 is 2.13 bits per heavy atom. The van der Waals surface area contributed by atoms with Gasteiger partial charge in [-0.2, -0.15) is 5.10 Å². The fourth-order valence-corrected chi connectivity index (χ4v) is 1.76. The summed E-state index contributed by atoms with van der Waals surface area (Å²) in [4.78, 5) is 23.0. The molecule has 0 radical (unpaired) electrons. The van der Waals surface area contributed by atoms with Gasteiger partial charge in [-0.1, -0.05) is 36.4 Å². The van der Waals surface area contributed by atoms with E-state index in [1.165, 1.54) is 36.0 Å². The van der Waals surface area contributed by atoms with Gasteiger partial charge >= 0.3 is 0 Å². The minimum atomic E-state index is -0.638. The van der Waals surface area contributed by atoms with Crippen LogP contribution in [0, 0.1) is 0 Å². The molecular weight excluding hydrogens is 294 g/mol. The predicted molar refractivity (Wildman–Crippen MR) is 87.1 cm³/mol. The molecule has 2 aromatic rings. The van der Waals surface area contributed by atoms with E-state index in [-0.39, 0.29) is 5.56 Å². The molecule has 0 heterocycles. The van der Waals surface area contributed by atoms with Crippen LogP contribution in [-0.4, -0.2) is 23.2 Å². The second-order valence-electron chi connectivity index (χ2n) is 4.51. The number of allylic oxidation sites excluding steroid dienone is 1. The van der Waals surface area contributed by atoms with Crippen LogP contribution in [0.4, 0.5) is 0 Å². The maximum absolute atomic E-state index is 11.8. The minimum Gasteiger partial charge on any atom is -0.288 e. The normalized spacial score (nSPS) is 10.8. The largest absolute Gasteiger partial charge is 0.288 e. The number of benzene rings is 2. The molecule has 2 amide bonds. The van der Waals surface area contributed by atoms with Gasteiger partial charge in [-0.3, -0.25) is 14.8 Å². The van der Waals surface area contributed by atoms with Gasteiger partial charge in [0.25, 0.3) is 11.8 Å². The molecule has 0 aromatic heterocycles. The van der Waals surface area contributed by atoms with Gasteiger partial charge in [0.2, 0.25) is 0 Å². The third kappa shape index (κ3) is 4.90. The summed E-state index contributed by atoms with van der Waals surface area (Å²) in [5.41, 5.74) is 5.53. The van der Waals surface area contributed by atoms with E-state index in [0.717, 1.165) is 5.56 Å². The molecule has 116 valence electrons. The quantitative estimate of drug-likeness (QED) is 0.449. The van der Waals surface area contributed by atoms with E-state index in [0.29, 0.717) is 5.56 Å². The van der Waals surface area contributed by atoms with Crippen molar-refractivity contribution in [3.63, 3.8) is 0 Å². The van der Waals surface area contributed by atoms with Crippen LogP contribution in [0.25, 0.3) is 6.08 Å². The lowest BCUT2D eigenvalue weighted by atomic mass is 10.1. The summed E-state index contributed by atoms with van der Waals surface area (Å²) in [6.07, 6.45) is 5.04. The van der Waals surface area contributed by atoms with Gasteiger partial charge in [-0.15, -0.1) is 0 Å². The Kier molecular flexibility index (Phi) is 5.79. The van der Waals surface area contributed by atoms with Crippen molar-refractivity contribution in [1.82, 2.24) is 10.9 Å². The monoisotopic (exact) mass is 309 g/mol. The first kappa shape index (κ1) is 16.1. The Labute approximate surface area is 133 Å². The van der Waals surface area contributed by atoms with Crippen molar-refractivity contribution in [3.8, 4) is 0 Å². The molecule has 0 spiro atoms. The van der Waals surface area contributed by atoms with Crippen LogP contribution in [0.1, 0.15) is 26.3 Å². The second kappa shape index (κ2) is 8.26. The fraction of sp³-hybridized carbons (Fsp3) is 0. The van der Waals surface area contributed by atoms with Crippen LogP contribution in [0.2, 0.25) is 0 Å². The molecule has 6 heteroatoms. The topological polar surface area (TPSA) is 90.8 Å². The molecule has 2 aromatic carbocycles. The molecular formula is C17H15N3O3. The van der Waals surface area contributed by atoms with Crippen LogP contribution in [0.3, 0.4) is 0 Å². The summed E-state index contributed by atoms with van der Waals surface area (Å²) in [5.74, 6) is -1.04. The van der Waals surface area contributed by atoms with E-state index in [1.54, 1.807) is 6.08 Å². The predicted octanol–water partition coefficient (Wildman–Crippen LogP) is 2.23. The molecule has 0 unspecified atom stereocenters. The lowest BCUT2D eigenvalue weighted by Gasteiger charge is -2.01. The molecule has 0 fully saturated rings. The lowest BCUT2D eigenvalue weighted by Crippen LogP contribution is -2.20. The van der Waals surface area contributed by atoms with Crippen molar-refractivity contribution < 1.29 is 14.8 Å². The molecule has 0 saturated heterocycles. The van der Waals surface area contributed by atoms with Crippen LogP contribution >= 0.6 is 0 Å². The Bertz CT molecular complexity index is 723. The van der Waals surface area contributed by atoms with Crippen LogP contribution in [0.15, 0.2) is 65.8 Å². The Morgan fingerprint density at radius 1 is 0.913 bits per heavy atom. The number of amides is 2. The highest BCUT2D eigenvalue weighted by Crippen LogP contribution is 2.04. The summed E-state index contributed by atoms with van der Waals surface area (Å²) in [7, 11) is 0. The number of hydroxylamine groups is 1. The highest BCUT2D eigenvalue weighted by atomic mass is 16.5. The van der Waals surface area contributed by atoms with E-state index >= 15 is 0 Å². The summed E-state index contributed by atoms with van der Waals surface area (Å²) >= 11 is 0. The zero-order chi connectivity index (χ0) is 16.5. The summed E-state index contributed by atoms with van der Waals surface area (Å²) in [5, 5.41) is 12.3. The summed E-state index contributed by atoms with van der Waals surface area (Å²) in [6, 6.07) is 15.5. The molecule has 23 heavy (non-hydrogen) atoms. The smallest absolute Gasteiger partial charge is 0.274 e. The summed E-state index contributed by atoms with van der Waals surface area (Å²) in [6.45, 7) is 0. The van der Waals surface area contributed by atoms with Crippen molar-refractivity contribution in [3.05, 3.63) is 77.4 Å². The van der Waals surface area contributed by atoms with Gasteiger partial charge in [0, 0.05) is 17.3 Å². The van der Waals surface area contributed by atoms with Gasteiger partial charge in [-0.05, 0) is 35.9 Å². The number of hydrogen-bond acceptors (Lipinski definition) is 4. The second-order valence-corrected chi connectivity index (χ2v) is 4.51. The molecule has 0 aliphatic rings.